The van der Waals surface area contributed by atoms with E-state index in [4.69, 9.17) is 5.73 Å². The predicted octanol–water partition coefficient (Wildman–Crippen LogP) is 2.97. The number of aromatic amines is 1. The summed E-state index contributed by atoms with van der Waals surface area (Å²) in [6, 6.07) is 15.5. The first kappa shape index (κ1) is 16.2. The Labute approximate surface area is 141 Å². The fraction of sp³-hybridized carbons (Fsp3) is 0.263. The van der Waals surface area contributed by atoms with Crippen molar-refractivity contribution in [2.45, 2.75) is 32.4 Å². The molecule has 0 bridgehead atoms. The van der Waals surface area contributed by atoms with Crippen molar-refractivity contribution < 1.29 is 4.79 Å². The largest absolute Gasteiger partial charge is 0.351 e. The van der Waals surface area contributed by atoms with E-state index in [1.807, 2.05) is 55.5 Å². The van der Waals surface area contributed by atoms with Gasteiger partial charge in [-0.25, -0.2) is 4.98 Å². The minimum absolute atomic E-state index is 0.0989. The molecule has 124 valence electrons. The normalized spacial score (nSPS) is 12.2. The first-order valence-electron chi connectivity index (χ1n) is 8.24. The van der Waals surface area contributed by atoms with Gasteiger partial charge in [-0.1, -0.05) is 49.7 Å². The van der Waals surface area contributed by atoms with Gasteiger partial charge in [-0.2, -0.15) is 0 Å². The van der Waals surface area contributed by atoms with E-state index in [1.54, 1.807) is 0 Å². The van der Waals surface area contributed by atoms with Crippen molar-refractivity contribution >= 4 is 16.9 Å². The number of imidazole rings is 1. The second kappa shape index (κ2) is 7.27. The third-order valence-corrected chi connectivity index (χ3v) is 4.02. The molecule has 0 spiro atoms. The third kappa shape index (κ3) is 3.63. The number of aromatic nitrogens is 2. The molecule has 0 saturated heterocycles. The number of hydrogen-bond acceptors (Lipinski definition) is 3. The summed E-state index contributed by atoms with van der Waals surface area (Å²) in [5, 5.41) is 2.88. The highest BCUT2D eigenvalue weighted by atomic mass is 16.2. The topological polar surface area (TPSA) is 83.8 Å². The van der Waals surface area contributed by atoms with Crippen molar-refractivity contribution in [3.05, 3.63) is 54.1 Å². The van der Waals surface area contributed by atoms with Gasteiger partial charge < -0.3 is 16.0 Å². The number of rotatable bonds is 6. The minimum atomic E-state index is -0.426. The van der Waals surface area contributed by atoms with E-state index in [2.05, 4.69) is 15.3 Å². The number of nitrogens with zero attached hydrogens (tertiary/aromatic N) is 1. The molecule has 1 heterocycles. The third-order valence-electron chi connectivity index (χ3n) is 4.02. The Kier molecular flexibility index (Phi) is 4.91. The average Bonchev–Trinajstić information content (AvgIpc) is 3.04. The second-order valence-electron chi connectivity index (χ2n) is 5.91. The molecule has 1 amide bonds. The van der Waals surface area contributed by atoms with E-state index in [0.29, 0.717) is 13.0 Å². The number of para-hydroxylation sites is 2. The van der Waals surface area contributed by atoms with Crippen LogP contribution in [-0.2, 0) is 11.3 Å². The number of nitrogens with one attached hydrogen (secondary N) is 2. The van der Waals surface area contributed by atoms with Crippen molar-refractivity contribution in [2.24, 2.45) is 5.73 Å². The molecular formula is C19H22N4O. The molecule has 5 heteroatoms. The highest BCUT2D eigenvalue weighted by molar-refractivity contribution is 5.81. The fourth-order valence-electron chi connectivity index (χ4n) is 2.63. The van der Waals surface area contributed by atoms with E-state index in [-0.39, 0.29) is 5.91 Å². The quantitative estimate of drug-likeness (QED) is 0.652. The molecule has 0 fully saturated rings. The monoisotopic (exact) mass is 322 g/mol. The lowest BCUT2D eigenvalue weighted by Gasteiger charge is -2.11. The molecule has 3 rings (SSSR count). The van der Waals surface area contributed by atoms with E-state index < -0.39 is 6.04 Å². The summed E-state index contributed by atoms with van der Waals surface area (Å²) < 4.78 is 0. The van der Waals surface area contributed by atoms with E-state index in [0.717, 1.165) is 34.4 Å². The molecule has 0 radical (unpaired) electrons. The lowest BCUT2D eigenvalue weighted by atomic mass is 10.1. The van der Waals surface area contributed by atoms with Gasteiger partial charge in [-0.3, -0.25) is 4.79 Å². The second-order valence-corrected chi connectivity index (χ2v) is 5.91. The van der Waals surface area contributed by atoms with E-state index >= 15 is 0 Å². The van der Waals surface area contributed by atoms with Crippen LogP contribution in [0.5, 0.6) is 0 Å². The van der Waals surface area contributed by atoms with Crippen LogP contribution in [0.3, 0.4) is 0 Å². The smallest absolute Gasteiger partial charge is 0.237 e. The van der Waals surface area contributed by atoms with Crippen molar-refractivity contribution in [1.29, 1.82) is 0 Å². The lowest BCUT2D eigenvalue weighted by molar-refractivity contribution is -0.122. The number of carbonyl (C=O) groups is 1. The summed E-state index contributed by atoms with van der Waals surface area (Å²) in [5.41, 5.74) is 9.83. The summed E-state index contributed by atoms with van der Waals surface area (Å²) in [6.07, 6.45) is 1.61. The molecule has 5 nitrogen and oxygen atoms in total. The Balaban J connectivity index is 1.66. The maximum atomic E-state index is 11.8. The summed E-state index contributed by atoms with van der Waals surface area (Å²) >= 11 is 0. The van der Waals surface area contributed by atoms with Gasteiger partial charge in [0.25, 0.3) is 0 Å². The zero-order valence-electron chi connectivity index (χ0n) is 13.8. The maximum Gasteiger partial charge on any atom is 0.237 e. The maximum absolute atomic E-state index is 11.8. The van der Waals surface area contributed by atoms with Crippen molar-refractivity contribution in [1.82, 2.24) is 15.3 Å². The van der Waals surface area contributed by atoms with Gasteiger partial charge in [0.1, 0.15) is 5.82 Å². The molecule has 1 atom stereocenters. The van der Waals surface area contributed by atoms with Crippen LogP contribution in [-0.4, -0.2) is 21.9 Å². The SMILES string of the molecule is CCCC(N)C(=O)NCc1ccc(-c2nc3ccccc3[nH]2)cc1. The Morgan fingerprint density at radius 3 is 2.67 bits per heavy atom. The van der Waals surface area contributed by atoms with Crippen LogP contribution in [0.15, 0.2) is 48.5 Å². The zero-order valence-corrected chi connectivity index (χ0v) is 13.8. The fourth-order valence-corrected chi connectivity index (χ4v) is 2.63. The van der Waals surface area contributed by atoms with Crippen LogP contribution in [0.1, 0.15) is 25.3 Å². The molecule has 3 aromatic rings. The van der Waals surface area contributed by atoms with Crippen molar-refractivity contribution in [3.8, 4) is 11.4 Å². The average molecular weight is 322 g/mol. The number of benzene rings is 2. The van der Waals surface area contributed by atoms with Gasteiger partial charge in [-0.15, -0.1) is 0 Å². The Hall–Kier alpha value is -2.66. The van der Waals surface area contributed by atoms with Crippen molar-refractivity contribution in [3.63, 3.8) is 0 Å². The van der Waals surface area contributed by atoms with Crippen LogP contribution in [0.25, 0.3) is 22.4 Å². The molecule has 1 unspecified atom stereocenters. The molecule has 4 N–H and O–H groups in total. The first-order valence-corrected chi connectivity index (χ1v) is 8.24. The number of carbonyl (C=O) groups excluding carboxylic acids is 1. The zero-order chi connectivity index (χ0) is 16.9. The molecule has 0 aliphatic carbocycles. The van der Waals surface area contributed by atoms with Crippen LogP contribution >= 0.6 is 0 Å². The Morgan fingerprint density at radius 2 is 1.96 bits per heavy atom. The van der Waals surface area contributed by atoms with Gasteiger partial charge >= 0.3 is 0 Å². The Bertz CT molecular complexity index is 790. The summed E-state index contributed by atoms with van der Waals surface area (Å²) in [7, 11) is 0. The molecule has 24 heavy (non-hydrogen) atoms. The van der Waals surface area contributed by atoms with Crippen LogP contribution in [0.4, 0.5) is 0 Å². The molecule has 1 aromatic heterocycles. The van der Waals surface area contributed by atoms with Gasteiger partial charge in [-0.05, 0) is 24.1 Å². The van der Waals surface area contributed by atoms with Crippen LogP contribution in [0, 0.1) is 0 Å². The number of H-pyrrole nitrogens is 1. The number of amides is 1. The summed E-state index contributed by atoms with van der Waals surface area (Å²) in [6.45, 7) is 2.50. The Morgan fingerprint density at radius 1 is 1.21 bits per heavy atom. The predicted molar refractivity (Wildman–Crippen MR) is 96.3 cm³/mol. The van der Waals surface area contributed by atoms with Crippen molar-refractivity contribution in [2.75, 3.05) is 0 Å². The molecule has 2 aromatic carbocycles. The minimum Gasteiger partial charge on any atom is -0.351 e. The number of nitrogens with two attached hydrogens (primary N) is 1. The van der Waals surface area contributed by atoms with Gasteiger partial charge in [0.05, 0.1) is 17.1 Å². The van der Waals surface area contributed by atoms with Gasteiger partial charge in [0, 0.05) is 12.1 Å². The molecule has 0 aliphatic heterocycles. The summed E-state index contributed by atoms with van der Waals surface area (Å²) in [5.74, 6) is 0.745. The van der Waals surface area contributed by atoms with E-state index in [9.17, 15) is 4.79 Å². The summed E-state index contributed by atoms with van der Waals surface area (Å²) in [4.78, 5) is 19.7. The first-order chi connectivity index (χ1) is 11.7. The highest BCUT2D eigenvalue weighted by Crippen LogP contribution is 2.20. The molecule has 0 aliphatic rings. The number of hydrogen-bond donors (Lipinski definition) is 3. The van der Waals surface area contributed by atoms with Crippen LogP contribution < -0.4 is 11.1 Å². The van der Waals surface area contributed by atoms with Gasteiger partial charge in [0.2, 0.25) is 5.91 Å². The standard InChI is InChI=1S/C19H22N4O/c1-2-5-15(20)19(24)21-12-13-8-10-14(11-9-13)18-22-16-6-3-4-7-17(16)23-18/h3-4,6-11,15H,2,5,12,20H2,1H3,(H,21,24)(H,22,23). The molecule has 0 saturated carbocycles. The lowest BCUT2D eigenvalue weighted by Crippen LogP contribution is -2.40. The van der Waals surface area contributed by atoms with E-state index in [1.165, 1.54) is 0 Å². The van der Waals surface area contributed by atoms with Gasteiger partial charge in [0.15, 0.2) is 0 Å². The van der Waals surface area contributed by atoms with Crippen LogP contribution in [0.2, 0.25) is 0 Å². The molecular weight excluding hydrogens is 300 g/mol. The number of fused-ring (bicyclic) bond motifs is 1. The highest BCUT2D eigenvalue weighted by Gasteiger charge is 2.11.